The number of benzene rings is 2. The highest BCUT2D eigenvalue weighted by atomic mass is 32.2. The number of ether oxygens (including phenoxy) is 2. The summed E-state index contributed by atoms with van der Waals surface area (Å²) >= 11 is 0. The van der Waals surface area contributed by atoms with Crippen LogP contribution in [0, 0.1) is 0 Å². The third-order valence-electron chi connectivity index (χ3n) is 5.55. The molecule has 37 heavy (non-hydrogen) atoms. The van der Waals surface area contributed by atoms with E-state index in [1.807, 2.05) is 30.3 Å². The molecule has 12 heteroatoms. The maximum Gasteiger partial charge on any atom is 0.302 e. The Morgan fingerprint density at radius 2 is 1.70 bits per heavy atom. The average Bonchev–Trinajstić information content (AvgIpc) is 2.91. The number of rotatable bonds is 10. The fourth-order valence-corrected chi connectivity index (χ4v) is 5.29. The molecular formula is C25H26N4O7S. The van der Waals surface area contributed by atoms with Crippen molar-refractivity contribution < 1.29 is 32.3 Å². The van der Waals surface area contributed by atoms with Crippen molar-refractivity contribution in [1.29, 1.82) is 0 Å². The van der Waals surface area contributed by atoms with Crippen molar-refractivity contribution in [3.8, 4) is 5.75 Å². The Bertz CT molecular complexity index is 1330. The summed E-state index contributed by atoms with van der Waals surface area (Å²) in [5.74, 6) is -0.618. The largest absolute Gasteiger partial charge is 0.490 e. The van der Waals surface area contributed by atoms with Crippen LogP contribution < -0.4 is 10.2 Å². The Hall–Kier alpha value is -3.87. The quantitative estimate of drug-likeness (QED) is 0.238. The number of amides is 1. The van der Waals surface area contributed by atoms with E-state index in [2.05, 4.69) is 15.4 Å². The van der Waals surface area contributed by atoms with E-state index in [-0.39, 0.29) is 37.7 Å². The number of nitrogens with one attached hydrogen (secondary N) is 1. The van der Waals surface area contributed by atoms with Crippen LogP contribution in [0.15, 0.2) is 71.9 Å². The van der Waals surface area contributed by atoms with E-state index in [0.29, 0.717) is 17.1 Å². The molecule has 194 valence electrons. The predicted octanol–water partition coefficient (Wildman–Crippen LogP) is 1.78. The summed E-state index contributed by atoms with van der Waals surface area (Å²) in [4.78, 5) is 37.8. The number of fused-ring (bicyclic) bond motifs is 1. The van der Waals surface area contributed by atoms with Crippen LogP contribution >= 0.6 is 0 Å². The smallest absolute Gasteiger partial charge is 0.302 e. The molecule has 1 N–H and O–H groups in total. The van der Waals surface area contributed by atoms with Crippen molar-refractivity contribution in [1.82, 2.24) is 19.8 Å². The first-order chi connectivity index (χ1) is 17.8. The minimum absolute atomic E-state index is 0.0184. The molecule has 0 radical (unpaired) electrons. The number of sulfonamides is 1. The number of hydroxylamine groups is 1. The Balaban J connectivity index is 1.49. The van der Waals surface area contributed by atoms with Gasteiger partial charge < -0.3 is 9.47 Å². The summed E-state index contributed by atoms with van der Waals surface area (Å²) in [6.07, 6.45) is 3.03. The molecule has 11 nitrogen and oxygen atoms in total. The molecule has 2 aromatic carbocycles. The number of esters is 1. The molecule has 1 aromatic heterocycles. The lowest BCUT2D eigenvalue weighted by Gasteiger charge is -2.33. The molecule has 0 spiro atoms. The van der Waals surface area contributed by atoms with Gasteiger partial charge in [-0.2, -0.15) is 4.31 Å². The maximum absolute atomic E-state index is 13.6. The van der Waals surface area contributed by atoms with Crippen LogP contribution in [0.5, 0.6) is 5.75 Å². The number of carbonyl (C=O) groups excluding carboxylic acids is 2. The van der Waals surface area contributed by atoms with Crippen LogP contribution in [0.4, 0.5) is 0 Å². The van der Waals surface area contributed by atoms with Gasteiger partial charge in [-0.15, -0.1) is 0 Å². The van der Waals surface area contributed by atoms with Crippen molar-refractivity contribution >= 4 is 21.9 Å². The summed E-state index contributed by atoms with van der Waals surface area (Å²) in [6.45, 7) is 1.50. The zero-order valence-electron chi connectivity index (χ0n) is 20.1. The SMILES string of the molecule is CC(=O)OCCOc1ccc(S(=O)(=O)N2Cc3nccnc3CC2C(=O)NOCc2ccccc2)cc1. The third kappa shape index (κ3) is 6.67. The van der Waals surface area contributed by atoms with Gasteiger partial charge in [-0.25, -0.2) is 13.9 Å². The van der Waals surface area contributed by atoms with E-state index < -0.39 is 27.9 Å². The lowest BCUT2D eigenvalue weighted by atomic mass is 10.0. The molecule has 0 fully saturated rings. The molecule has 0 saturated heterocycles. The van der Waals surface area contributed by atoms with Gasteiger partial charge in [-0.3, -0.25) is 24.4 Å². The van der Waals surface area contributed by atoms with Gasteiger partial charge >= 0.3 is 5.97 Å². The van der Waals surface area contributed by atoms with E-state index >= 15 is 0 Å². The first-order valence-corrected chi connectivity index (χ1v) is 12.9. The second kappa shape index (κ2) is 11.9. The summed E-state index contributed by atoms with van der Waals surface area (Å²) < 4.78 is 38.6. The fraction of sp³-hybridized carbons (Fsp3) is 0.280. The van der Waals surface area contributed by atoms with Crippen LogP contribution in [-0.4, -0.2) is 53.8 Å². The van der Waals surface area contributed by atoms with Crippen LogP contribution in [0.25, 0.3) is 0 Å². The van der Waals surface area contributed by atoms with E-state index in [9.17, 15) is 18.0 Å². The van der Waals surface area contributed by atoms with Gasteiger partial charge in [0.2, 0.25) is 10.0 Å². The summed E-state index contributed by atoms with van der Waals surface area (Å²) in [5.41, 5.74) is 4.26. The number of hydrogen-bond donors (Lipinski definition) is 1. The summed E-state index contributed by atoms with van der Waals surface area (Å²) in [7, 11) is -4.11. The lowest BCUT2D eigenvalue weighted by molar-refractivity contribution is -0.141. The van der Waals surface area contributed by atoms with Gasteiger partial charge in [0.05, 0.1) is 29.4 Å². The van der Waals surface area contributed by atoms with Gasteiger partial charge in [0.1, 0.15) is 25.0 Å². The molecule has 0 bridgehead atoms. The van der Waals surface area contributed by atoms with Gasteiger partial charge in [0.25, 0.3) is 5.91 Å². The highest BCUT2D eigenvalue weighted by Crippen LogP contribution is 2.28. The topological polar surface area (TPSA) is 137 Å². The second-order valence-electron chi connectivity index (χ2n) is 8.12. The molecule has 0 saturated carbocycles. The van der Waals surface area contributed by atoms with Gasteiger partial charge in [-0.1, -0.05) is 30.3 Å². The van der Waals surface area contributed by atoms with Crippen molar-refractivity contribution in [3.05, 3.63) is 83.9 Å². The Morgan fingerprint density at radius 1 is 1.00 bits per heavy atom. The molecule has 1 amide bonds. The Labute approximate surface area is 214 Å². The van der Waals surface area contributed by atoms with E-state index in [0.717, 1.165) is 9.87 Å². The molecule has 0 aliphatic carbocycles. The number of nitrogens with zero attached hydrogens (tertiary/aromatic N) is 3. The molecule has 1 atom stereocenters. The molecule has 3 aromatic rings. The second-order valence-corrected chi connectivity index (χ2v) is 10.0. The minimum atomic E-state index is -4.11. The molecule has 4 rings (SSSR count). The van der Waals surface area contributed by atoms with Gasteiger partial charge in [0, 0.05) is 25.7 Å². The zero-order chi connectivity index (χ0) is 26.3. The Morgan fingerprint density at radius 3 is 2.41 bits per heavy atom. The summed E-state index contributed by atoms with van der Waals surface area (Å²) in [6, 6.07) is 13.9. The normalized spacial score (nSPS) is 15.4. The summed E-state index contributed by atoms with van der Waals surface area (Å²) in [5, 5.41) is 0. The van der Waals surface area contributed by atoms with Crippen LogP contribution in [0.1, 0.15) is 23.9 Å². The standard InChI is InChI=1S/C25H26N4O7S/c1-18(30)34-13-14-35-20-7-9-21(10-8-20)37(32,33)29-16-23-22(26-11-12-27-23)15-24(29)25(31)28-36-17-19-5-3-2-4-6-19/h2-12,24H,13-17H2,1H3,(H,28,31). The number of hydrogen-bond acceptors (Lipinski definition) is 9. The third-order valence-corrected chi connectivity index (χ3v) is 7.41. The van der Waals surface area contributed by atoms with Crippen LogP contribution in [0.3, 0.4) is 0 Å². The van der Waals surface area contributed by atoms with Crippen molar-refractivity contribution in [2.45, 2.75) is 37.4 Å². The first kappa shape index (κ1) is 26.2. The molecule has 1 aliphatic heterocycles. The lowest BCUT2D eigenvalue weighted by Crippen LogP contribution is -2.52. The molecule has 1 aliphatic rings. The first-order valence-electron chi connectivity index (χ1n) is 11.5. The maximum atomic E-state index is 13.6. The minimum Gasteiger partial charge on any atom is -0.490 e. The van der Waals surface area contributed by atoms with Crippen molar-refractivity contribution in [2.75, 3.05) is 13.2 Å². The van der Waals surface area contributed by atoms with E-state index in [1.165, 1.54) is 43.6 Å². The average molecular weight is 527 g/mol. The number of carbonyl (C=O) groups is 2. The highest BCUT2D eigenvalue weighted by Gasteiger charge is 2.41. The monoisotopic (exact) mass is 526 g/mol. The van der Waals surface area contributed by atoms with Crippen molar-refractivity contribution in [2.24, 2.45) is 0 Å². The van der Waals surface area contributed by atoms with E-state index in [4.69, 9.17) is 14.3 Å². The number of aromatic nitrogens is 2. The molecule has 1 unspecified atom stereocenters. The predicted molar refractivity (Wildman–Crippen MR) is 130 cm³/mol. The van der Waals surface area contributed by atoms with Gasteiger partial charge in [-0.05, 0) is 29.8 Å². The fourth-order valence-electron chi connectivity index (χ4n) is 3.74. The zero-order valence-corrected chi connectivity index (χ0v) is 20.9. The van der Waals surface area contributed by atoms with Crippen LogP contribution in [0.2, 0.25) is 0 Å². The molecule has 2 heterocycles. The molecular weight excluding hydrogens is 500 g/mol. The Kier molecular flexibility index (Phi) is 8.43. The highest BCUT2D eigenvalue weighted by molar-refractivity contribution is 7.89. The van der Waals surface area contributed by atoms with Crippen molar-refractivity contribution in [3.63, 3.8) is 0 Å². The van der Waals surface area contributed by atoms with Gasteiger partial charge in [0.15, 0.2) is 0 Å². The van der Waals surface area contributed by atoms with Crippen LogP contribution in [-0.2, 0) is 48.8 Å². The van der Waals surface area contributed by atoms with E-state index in [1.54, 1.807) is 0 Å².